The Morgan fingerprint density at radius 1 is 0.880 bits per heavy atom. The molecule has 1 aliphatic heterocycles. The van der Waals surface area contributed by atoms with E-state index in [2.05, 4.69) is 17.2 Å². The van der Waals surface area contributed by atoms with Crippen molar-refractivity contribution in [3.05, 3.63) is 48.5 Å². The van der Waals surface area contributed by atoms with E-state index in [0.29, 0.717) is 6.61 Å². The first-order chi connectivity index (χ1) is 12.3. The lowest BCUT2D eigenvalue weighted by molar-refractivity contribution is 0.263. The van der Waals surface area contributed by atoms with E-state index in [1.165, 1.54) is 12.8 Å². The van der Waals surface area contributed by atoms with Gasteiger partial charge in [-0.1, -0.05) is 19.8 Å². The molecule has 5 nitrogen and oxygen atoms in total. The van der Waals surface area contributed by atoms with Crippen LogP contribution < -0.4 is 9.47 Å². The van der Waals surface area contributed by atoms with Gasteiger partial charge in [-0.25, -0.2) is 0 Å². The van der Waals surface area contributed by atoms with E-state index < -0.39 is 0 Å². The van der Waals surface area contributed by atoms with E-state index in [0.717, 1.165) is 42.5 Å². The molecule has 0 aliphatic carbocycles. The van der Waals surface area contributed by atoms with Gasteiger partial charge in [0.05, 0.1) is 24.6 Å². The fourth-order valence-electron chi connectivity index (χ4n) is 2.23. The van der Waals surface area contributed by atoms with Crippen LogP contribution in [0.2, 0.25) is 0 Å². The molecule has 0 amide bonds. The lowest BCUT2D eigenvalue weighted by atomic mass is 10.2. The Hall–Kier alpha value is -2.40. The summed E-state index contributed by atoms with van der Waals surface area (Å²) < 4.78 is 16.4. The molecule has 3 rings (SSSR count). The highest BCUT2D eigenvalue weighted by Gasteiger charge is 2.22. The molecule has 2 aromatic rings. The van der Waals surface area contributed by atoms with Crippen LogP contribution in [0.25, 0.3) is 0 Å². The van der Waals surface area contributed by atoms with Crippen LogP contribution in [0.1, 0.15) is 26.2 Å². The molecular weight excluding hydrogens is 316 g/mol. The third kappa shape index (κ3) is 6.19. The van der Waals surface area contributed by atoms with Gasteiger partial charge in [0.1, 0.15) is 24.2 Å². The number of hydrogen-bond donors (Lipinski definition) is 0. The van der Waals surface area contributed by atoms with Crippen LogP contribution in [0.3, 0.4) is 0 Å². The van der Waals surface area contributed by atoms with E-state index in [1.807, 2.05) is 48.5 Å². The van der Waals surface area contributed by atoms with Crippen LogP contribution >= 0.6 is 0 Å². The second-order valence-electron chi connectivity index (χ2n) is 6.01. The SMILES string of the molecule is CCCCCOc1ccc(N=Nc2ccc(OCC3CO3)cc2)cc1. The van der Waals surface area contributed by atoms with Crippen LogP contribution in [0.4, 0.5) is 11.4 Å². The van der Waals surface area contributed by atoms with Crippen LogP contribution in [0.5, 0.6) is 11.5 Å². The van der Waals surface area contributed by atoms with Gasteiger partial charge >= 0.3 is 0 Å². The Balaban J connectivity index is 1.47. The van der Waals surface area contributed by atoms with Gasteiger partial charge in [-0.2, -0.15) is 10.2 Å². The van der Waals surface area contributed by atoms with Crippen molar-refractivity contribution in [1.29, 1.82) is 0 Å². The van der Waals surface area contributed by atoms with E-state index in [4.69, 9.17) is 14.2 Å². The Labute approximate surface area is 148 Å². The predicted molar refractivity (Wildman–Crippen MR) is 97.3 cm³/mol. The second-order valence-corrected chi connectivity index (χ2v) is 6.01. The average Bonchev–Trinajstić information content (AvgIpc) is 3.48. The highest BCUT2D eigenvalue weighted by molar-refractivity contribution is 5.44. The van der Waals surface area contributed by atoms with E-state index in [-0.39, 0.29) is 6.10 Å². The highest BCUT2D eigenvalue weighted by atomic mass is 16.6. The average molecular weight is 340 g/mol. The van der Waals surface area contributed by atoms with Gasteiger partial charge in [-0.05, 0) is 55.0 Å². The third-order valence-electron chi connectivity index (χ3n) is 3.81. The molecule has 0 bridgehead atoms. The Kier molecular flexibility index (Phi) is 6.40. The molecule has 0 saturated carbocycles. The van der Waals surface area contributed by atoms with Gasteiger partial charge in [0.15, 0.2) is 0 Å². The largest absolute Gasteiger partial charge is 0.494 e. The Morgan fingerprint density at radius 2 is 1.44 bits per heavy atom. The summed E-state index contributed by atoms with van der Waals surface area (Å²) in [6, 6.07) is 15.2. The van der Waals surface area contributed by atoms with E-state index in [1.54, 1.807) is 0 Å². The number of nitrogens with zero attached hydrogens (tertiary/aromatic N) is 2. The van der Waals surface area contributed by atoms with Crippen LogP contribution in [-0.2, 0) is 4.74 Å². The van der Waals surface area contributed by atoms with Gasteiger partial charge in [0.2, 0.25) is 0 Å². The maximum absolute atomic E-state index is 5.69. The van der Waals surface area contributed by atoms with Crippen LogP contribution in [-0.4, -0.2) is 25.9 Å². The lowest BCUT2D eigenvalue weighted by Crippen LogP contribution is -2.03. The van der Waals surface area contributed by atoms with Crippen molar-refractivity contribution in [1.82, 2.24) is 0 Å². The minimum absolute atomic E-state index is 0.262. The smallest absolute Gasteiger partial charge is 0.119 e. The predicted octanol–water partition coefficient (Wildman–Crippen LogP) is 5.45. The summed E-state index contributed by atoms with van der Waals surface area (Å²) in [4.78, 5) is 0. The minimum Gasteiger partial charge on any atom is -0.494 e. The number of unbranched alkanes of at least 4 members (excludes halogenated alkanes) is 2. The zero-order valence-corrected chi connectivity index (χ0v) is 14.6. The quantitative estimate of drug-likeness (QED) is 0.328. The van der Waals surface area contributed by atoms with Crippen molar-refractivity contribution in [2.45, 2.75) is 32.3 Å². The van der Waals surface area contributed by atoms with Crippen molar-refractivity contribution >= 4 is 11.4 Å². The maximum atomic E-state index is 5.69. The molecular formula is C20H24N2O3. The molecule has 1 aliphatic rings. The molecule has 1 unspecified atom stereocenters. The fourth-order valence-corrected chi connectivity index (χ4v) is 2.23. The van der Waals surface area contributed by atoms with Crippen molar-refractivity contribution in [2.75, 3.05) is 19.8 Å². The van der Waals surface area contributed by atoms with Crippen LogP contribution in [0.15, 0.2) is 58.8 Å². The van der Waals surface area contributed by atoms with Gasteiger partial charge in [0.25, 0.3) is 0 Å². The van der Waals surface area contributed by atoms with E-state index >= 15 is 0 Å². The molecule has 0 spiro atoms. The van der Waals surface area contributed by atoms with Crippen molar-refractivity contribution in [3.63, 3.8) is 0 Å². The third-order valence-corrected chi connectivity index (χ3v) is 3.81. The number of hydrogen-bond acceptors (Lipinski definition) is 5. The van der Waals surface area contributed by atoms with E-state index in [9.17, 15) is 0 Å². The second kappa shape index (κ2) is 9.18. The topological polar surface area (TPSA) is 55.7 Å². The summed E-state index contributed by atoms with van der Waals surface area (Å²) in [5.41, 5.74) is 1.59. The first-order valence-corrected chi connectivity index (χ1v) is 8.82. The summed E-state index contributed by atoms with van der Waals surface area (Å²) in [5.74, 6) is 1.69. The summed E-state index contributed by atoms with van der Waals surface area (Å²) in [6.45, 7) is 4.35. The first-order valence-electron chi connectivity index (χ1n) is 8.82. The highest BCUT2D eigenvalue weighted by Crippen LogP contribution is 2.23. The van der Waals surface area contributed by atoms with Gasteiger partial charge in [-0.15, -0.1) is 0 Å². The molecule has 0 N–H and O–H groups in total. The summed E-state index contributed by atoms with van der Waals surface area (Å²) in [6.07, 6.45) is 3.75. The molecule has 1 fully saturated rings. The zero-order valence-electron chi connectivity index (χ0n) is 14.6. The summed E-state index contributed by atoms with van der Waals surface area (Å²) in [5, 5.41) is 8.50. The zero-order chi connectivity index (χ0) is 17.3. The maximum Gasteiger partial charge on any atom is 0.119 e. The summed E-state index contributed by atoms with van der Waals surface area (Å²) in [7, 11) is 0. The first kappa shape index (κ1) is 17.4. The fraction of sp³-hybridized carbons (Fsp3) is 0.400. The molecule has 2 aromatic carbocycles. The molecule has 0 aromatic heterocycles. The monoisotopic (exact) mass is 340 g/mol. The lowest BCUT2D eigenvalue weighted by Gasteiger charge is -2.05. The molecule has 0 radical (unpaired) electrons. The Bertz CT molecular complexity index is 664. The Morgan fingerprint density at radius 3 is 1.96 bits per heavy atom. The van der Waals surface area contributed by atoms with Crippen molar-refractivity contribution < 1.29 is 14.2 Å². The summed E-state index contributed by atoms with van der Waals surface area (Å²) >= 11 is 0. The number of azo groups is 1. The van der Waals surface area contributed by atoms with Crippen LogP contribution in [0, 0.1) is 0 Å². The number of benzene rings is 2. The van der Waals surface area contributed by atoms with Gasteiger partial charge in [0, 0.05) is 0 Å². The number of rotatable bonds is 10. The number of ether oxygens (including phenoxy) is 3. The standard InChI is InChI=1S/C20H24N2O3/c1-2-3-4-13-23-18-9-5-16(6-10-18)21-22-17-7-11-19(12-8-17)24-14-20-15-25-20/h5-12,20H,2-4,13-15H2,1H3. The molecule has 1 atom stereocenters. The molecule has 1 heterocycles. The molecule has 132 valence electrons. The van der Waals surface area contributed by atoms with Gasteiger partial charge < -0.3 is 14.2 Å². The van der Waals surface area contributed by atoms with Crippen molar-refractivity contribution in [2.24, 2.45) is 10.2 Å². The molecule has 1 saturated heterocycles. The van der Waals surface area contributed by atoms with Crippen molar-refractivity contribution in [3.8, 4) is 11.5 Å². The number of epoxide rings is 1. The molecule has 25 heavy (non-hydrogen) atoms. The van der Waals surface area contributed by atoms with Gasteiger partial charge in [-0.3, -0.25) is 0 Å². The normalized spacial score (nSPS) is 16.1. The minimum atomic E-state index is 0.262. The molecule has 5 heteroatoms.